The summed E-state index contributed by atoms with van der Waals surface area (Å²) in [4.78, 5) is 13.3. The van der Waals surface area contributed by atoms with Crippen molar-refractivity contribution in [2.75, 3.05) is 6.61 Å². The number of rotatable bonds is 0. The maximum Gasteiger partial charge on any atom is 0.205 e. The summed E-state index contributed by atoms with van der Waals surface area (Å²) in [5.41, 5.74) is -1.48. The second-order valence-electron chi connectivity index (χ2n) is 9.92. The van der Waals surface area contributed by atoms with Gasteiger partial charge in [-0.25, -0.2) is 0 Å². The van der Waals surface area contributed by atoms with E-state index in [1.807, 2.05) is 0 Å². The first kappa shape index (κ1) is 16.4. The predicted molar refractivity (Wildman–Crippen MR) is 89.3 cm³/mol. The van der Waals surface area contributed by atoms with Gasteiger partial charge in [0.05, 0.1) is 18.1 Å². The van der Waals surface area contributed by atoms with E-state index in [1.165, 1.54) is 0 Å². The number of Topliss-reactive ketones (excluding diaryl/α,β-unsaturated/α-hetero) is 1. The lowest BCUT2D eigenvalue weighted by Crippen LogP contribution is -2.83. The predicted octanol–water partition coefficient (Wildman–Crippen LogP) is 1.40. The van der Waals surface area contributed by atoms with Gasteiger partial charge in [0, 0.05) is 11.3 Å². The van der Waals surface area contributed by atoms with Crippen LogP contribution >= 0.6 is 0 Å². The lowest BCUT2D eigenvalue weighted by Gasteiger charge is -2.74. The van der Waals surface area contributed by atoms with Crippen LogP contribution in [-0.2, 0) is 9.53 Å². The van der Waals surface area contributed by atoms with Crippen molar-refractivity contribution in [2.45, 2.75) is 63.9 Å². The normalized spacial score (nSPS) is 58.8. The van der Waals surface area contributed by atoms with Crippen LogP contribution in [0.1, 0.15) is 46.0 Å². The molecule has 0 aromatic heterocycles. The van der Waals surface area contributed by atoms with Gasteiger partial charge in [0.2, 0.25) is 5.79 Å². The monoisotopic (exact) mass is 348 g/mol. The Hall–Kier alpha value is -0.750. The largest absolute Gasteiger partial charge is 0.392 e. The molecule has 6 rings (SSSR count). The summed E-state index contributed by atoms with van der Waals surface area (Å²) in [6.45, 7) is 8.41. The summed E-state index contributed by atoms with van der Waals surface area (Å²) in [7, 11) is 0. The van der Waals surface area contributed by atoms with Crippen molar-refractivity contribution in [3.05, 3.63) is 12.2 Å². The fourth-order valence-corrected chi connectivity index (χ4v) is 7.82. The number of carbonyl (C=O) groups excluding carboxylic acids is 1. The van der Waals surface area contributed by atoms with Gasteiger partial charge in [-0.1, -0.05) is 20.4 Å². The zero-order chi connectivity index (χ0) is 18.0. The van der Waals surface area contributed by atoms with Gasteiger partial charge in [0.15, 0.2) is 5.78 Å². The number of ketones is 1. The van der Waals surface area contributed by atoms with Gasteiger partial charge in [-0.15, -0.1) is 0 Å². The molecule has 2 aliphatic heterocycles. The molecule has 1 unspecified atom stereocenters. The number of aliphatic hydroxyl groups excluding tert-OH is 2. The molecule has 2 saturated heterocycles. The van der Waals surface area contributed by atoms with Gasteiger partial charge in [0.25, 0.3) is 0 Å². The Morgan fingerprint density at radius 3 is 2.64 bits per heavy atom. The number of ether oxygens (including phenoxy) is 1. The van der Waals surface area contributed by atoms with Crippen molar-refractivity contribution in [2.24, 2.45) is 34.0 Å². The molecule has 0 amide bonds. The first-order valence-corrected chi connectivity index (χ1v) is 9.59. The number of aliphatic hydroxyl groups is 3. The van der Waals surface area contributed by atoms with Crippen LogP contribution in [0, 0.1) is 34.0 Å². The maximum atomic E-state index is 13.3. The van der Waals surface area contributed by atoms with Crippen LogP contribution in [0.15, 0.2) is 12.2 Å². The number of carbonyl (C=O) groups is 1. The molecule has 0 aromatic rings. The number of hydrogen-bond donors (Lipinski definition) is 3. The van der Waals surface area contributed by atoms with E-state index in [4.69, 9.17) is 4.74 Å². The molecule has 6 fully saturated rings. The summed E-state index contributed by atoms with van der Waals surface area (Å²) in [6.07, 6.45) is 1.77. The zero-order valence-corrected chi connectivity index (χ0v) is 15.0. The molecule has 4 saturated carbocycles. The van der Waals surface area contributed by atoms with Crippen LogP contribution in [0.2, 0.25) is 0 Å². The minimum absolute atomic E-state index is 0.0616. The molecule has 4 aliphatic carbocycles. The van der Waals surface area contributed by atoms with Crippen molar-refractivity contribution in [1.82, 2.24) is 0 Å². The van der Waals surface area contributed by atoms with Crippen molar-refractivity contribution >= 4 is 5.78 Å². The van der Waals surface area contributed by atoms with Gasteiger partial charge in [-0.2, -0.15) is 0 Å². The van der Waals surface area contributed by atoms with Gasteiger partial charge in [-0.3, -0.25) is 4.79 Å². The Morgan fingerprint density at radius 1 is 1.20 bits per heavy atom. The molecule has 2 heterocycles. The third-order valence-electron chi connectivity index (χ3n) is 8.81. The van der Waals surface area contributed by atoms with Crippen molar-refractivity contribution < 1.29 is 24.9 Å². The van der Waals surface area contributed by atoms with Crippen LogP contribution < -0.4 is 0 Å². The van der Waals surface area contributed by atoms with E-state index in [0.717, 1.165) is 19.3 Å². The SMILES string of the molecule is C=C1C(=O)[C@]23CC1CC[C@H]2[C@@]12CO[C@@]3(O)[C@@H](O)[C@@H]1C(C)(C)CC[C@@H]2O. The third kappa shape index (κ3) is 1.44. The lowest BCUT2D eigenvalue weighted by atomic mass is 9.36. The van der Waals surface area contributed by atoms with Crippen molar-refractivity contribution in [1.29, 1.82) is 0 Å². The van der Waals surface area contributed by atoms with E-state index in [-0.39, 0.29) is 35.6 Å². The first-order chi connectivity index (χ1) is 11.6. The van der Waals surface area contributed by atoms with Crippen LogP contribution in [0.5, 0.6) is 0 Å². The minimum Gasteiger partial charge on any atom is -0.392 e. The smallest absolute Gasteiger partial charge is 0.205 e. The quantitative estimate of drug-likeness (QED) is 0.576. The molecule has 0 aromatic carbocycles. The van der Waals surface area contributed by atoms with Gasteiger partial charge >= 0.3 is 0 Å². The van der Waals surface area contributed by atoms with Gasteiger partial charge in [0.1, 0.15) is 6.10 Å². The zero-order valence-electron chi connectivity index (χ0n) is 15.0. The number of fused-ring (bicyclic) bond motifs is 2. The summed E-state index contributed by atoms with van der Waals surface area (Å²) in [6, 6.07) is 0. The second kappa shape index (κ2) is 4.38. The molecule has 2 spiro atoms. The fraction of sp³-hybridized carbons (Fsp3) is 0.850. The molecule has 6 aliphatic rings. The van der Waals surface area contributed by atoms with E-state index in [2.05, 4.69) is 20.4 Å². The highest BCUT2D eigenvalue weighted by molar-refractivity contribution is 6.04. The molecule has 5 heteroatoms. The van der Waals surface area contributed by atoms with E-state index in [0.29, 0.717) is 18.4 Å². The van der Waals surface area contributed by atoms with Crippen LogP contribution in [0.4, 0.5) is 0 Å². The van der Waals surface area contributed by atoms with Crippen LogP contribution in [0.3, 0.4) is 0 Å². The Morgan fingerprint density at radius 2 is 1.92 bits per heavy atom. The van der Waals surface area contributed by atoms with E-state index in [1.54, 1.807) is 0 Å². The molecular formula is C20H28O5. The molecule has 8 atom stereocenters. The average molecular weight is 348 g/mol. The Kier molecular flexibility index (Phi) is 2.88. The van der Waals surface area contributed by atoms with Gasteiger partial charge < -0.3 is 20.1 Å². The third-order valence-corrected chi connectivity index (χ3v) is 8.81. The Bertz CT molecular complexity index is 686. The standard InChI is InChI=1S/C20H28O5/c1-10-11-4-5-12-18-9-25-20(24,19(12,8-11)15(10)22)16(23)14(18)17(2,3)7-6-13(18)21/h11-14,16,21,23-24H,1,4-9H2,2-3H3/t11?,12-,13-,14+,16-,18+,19-,20-/m0/s1. The highest BCUT2D eigenvalue weighted by Gasteiger charge is 2.84. The van der Waals surface area contributed by atoms with Crippen molar-refractivity contribution in [3.63, 3.8) is 0 Å². The topological polar surface area (TPSA) is 87.0 Å². The molecule has 3 N–H and O–H groups in total. The molecule has 5 nitrogen and oxygen atoms in total. The lowest BCUT2D eigenvalue weighted by molar-refractivity contribution is -0.448. The van der Waals surface area contributed by atoms with E-state index in [9.17, 15) is 20.1 Å². The van der Waals surface area contributed by atoms with Crippen LogP contribution in [-0.4, -0.2) is 45.7 Å². The van der Waals surface area contributed by atoms with Gasteiger partial charge in [-0.05, 0) is 54.9 Å². The minimum atomic E-state index is -1.87. The maximum absolute atomic E-state index is 13.3. The number of hydrogen-bond acceptors (Lipinski definition) is 5. The summed E-state index contributed by atoms with van der Waals surface area (Å²) >= 11 is 0. The Balaban J connectivity index is 1.79. The summed E-state index contributed by atoms with van der Waals surface area (Å²) in [5.74, 6) is -2.39. The average Bonchev–Trinajstić information content (AvgIpc) is 2.75. The highest BCUT2D eigenvalue weighted by Crippen LogP contribution is 2.76. The highest BCUT2D eigenvalue weighted by atomic mass is 16.6. The fourth-order valence-electron chi connectivity index (χ4n) is 7.82. The Labute approximate surface area is 148 Å². The molecule has 138 valence electrons. The van der Waals surface area contributed by atoms with E-state index < -0.39 is 28.8 Å². The molecule has 0 radical (unpaired) electrons. The van der Waals surface area contributed by atoms with Crippen molar-refractivity contribution in [3.8, 4) is 0 Å². The molecular weight excluding hydrogens is 320 g/mol. The summed E-state index contributed by atoms with van der Waals surface area (Å²) < 4.78 is 5.89. The van der Waals surface area contributed by atoms with Crippen LogP contribution in [0.25, 0.3) is 0 Å². The summed E-state index contributed by atoms with van der Waals surface area (Å²) in [5, 5.41) is 34.0. The van der Waals surface area contributed by atoms with E-state index >= 15 is 0 Å². The number of allylic oxidation sites excluding steroid dienone is 1. The first-order valence-electron chi connectivity index (χ1n) is 9.59. The molecule has 25 heavy (non-hydrogen) atoms. The molecule has 4 bridgehead atoms. The second-order valence-corrected chi connectivity index (χ2v) is 9.92.